The van der Waals surface area contributed by atoms with Gasteiger partial charge in [-0.15, -0.1) is 0 Å². The first-order chi connectivity index (χ1) is 13.4. The van der Waals surface area contributed by atoms with Gasteiger partial charge < -0.3 is 15.8 Å². The zero-order valence-electron chi connectivity index (χ0n) is 16.4. The first-order valence-electron chi connectivity index (χ1n) is 9.34. The number of rotatable bonds is 5. The standard InChI is InChI=1S/C22H25N3O3/c1-4-15(3)24-21(26)13-25-18-10-9-17(23)12-19(18)28-20(22(25)27)11-16-7-5-14(2)6-8-16/h5-12,15H,4,13,23H2,1-3H3,(H,24,26)/b20-11+. The van der Waals surface area contributed by atoms with Crippen LogP contribution in [0, 0.1) is 6.92 Å². The Morgan fingerprint density at radius 1 is 1.25 bits per heavy atom. The van der Waals surface area contributed by atoms with Crippen LogP contribution in [0.2, 0.25) is 0 Å². The van der Waals surface area contributed by atoms with Crippen LogP contribution in [0.15, 0.2) is 48.2 Å². The summed E-state index contributed by atoms with van der Waals surface area (Å²) in [5.74, 6) is 0.0202. The Bertz CT molecular complexity index is 919. The van der Waals surface area contributed by atoms with Gasteiger partial charge in [-0.1, -0.05) is 36.8 Å². The maximum absolute atomic E-state index is 13.1. The van der Waals surface area contributed by atoms with Crippen molar-refractivity contribution < 1.29 is 14.3 Å². The third-order valence-corrected chi connectivity index (χ3v) is 4.65. The number of nitrogens with one attached hydrogen (secondary N) is 1. The second kappa shape index (κ2) is 8.17. The molecule has 0 saturated heterocycles. The summed E-state index contributed by atoms with van der Waals surface area (Å²) < 4.78 is 5.83. The molecule has 0 spiro atoms. The zero-order valence-corrected chi connectivity index (χ0v) is 16.4. The summed E-state index contributed by atoms with van der Waals surface area (Å²) in [6, 6.07) is 12.8. The Labute approximate surface area is 165 Å². The van der Waals surface area contributed by atoms with Crippen molar-refractivity contribution in [3.8, 4) is 5.75 Å². The van der Waals surface area contributed by atoms with Crippen LogP contribution in [-0.4, -0.2) is 24.4 Å². The summed E-state index contributed by atoms with van der Waals surface area (Å²) >= 11 is 0. The summed E-state index contributed by atoms with van der Waals surface area (Å²) in [6.45, 7) is 5.83. The van der Waals surface area contributed by atoms with Crippen LogP contribution in [-0.2, 0) is 9.59 Å². The number of nitrogen functional groups attached to an aromatic ring is 1. The molecule has 0 radical (unpaired) electrons. The molecule has 0 bridgehead atoms. The zero-order chi connectivity index (χ0) is 20.3. The van der Waals surface area contributed by atoms with E-state index >= 15 is 0 Å². The van der Waals surface area contributed by atoms with E-state index in [0.717, 1.165) is 17.5 Å². The SMILES string of the molecule is CCC(C)NC(=O)CN1C(=O)/C(=C\c2ccc(C)cc2)Oc2cc(N)ccc21. The molecule has 0 fully saturated rings. The molecule has 3 N–H and O–H groups in total. The molecule has 1 aliphatic rings. The molecular weight excluding hydrogens is 354 g/mol. The van der Waals surface area contributed by atoms with Gasteiger partial charge in [0.2, 0.25) is 5.91 Å². The highest BCUT2D eigenvalue weighted by Gasteiger charge is 2.32. The first-order valence-corrected chi connectivity index (χ1v) is 9.34. The Morgan fingerprint density at radius 3 is 2.64 bits per heavy atom. The Kier molecular flexibility index (Phi) is 5.68. The number of hydrogen-bond donors (Lipinski definition) is 2. The number of nitrogens with zero attached hydrogens (tertiary/aromatic N) is 1. The molecule has 1 aliphatic heterocycles. The summed E-state index contributed by atoms with van der Waals surface area (Å²) in [7, 11) is 0. The minimum atomic E-state index is -0.364. The van der Waals surface area contributed by atoms with E-state index in [1.165, 1.54) is 4.90 Å². The van der Waals surface area contributed by atoms with Crippen LogP contribution in [0.3, 0.4) is 0 Å². The number of ether oxygens (including phenoxy) is 1. The van der Waals surface area contributed by atoms with Gasteiger partial charge in [0, 0.05) is 17.8 Å². The van der Waals surface area contributed by atoms with Gasteiger partial charge >= 0.3 is 0 Å². The number of carbonyl (C=O) groups is 2. The molecule has 28 heavy (non-hydrogen) atoms. The topological polar surface area (TPSA) is 84.7 Å². The molecule has 2 aromatic carbocycles. The molecule has 2 aromatic rings. The van der Waals surface area contributed by atoms with E-state index in [-0.39, 0.29) is 30.2 Å². The van der Waals surface area contributed by atoms with Crippen LogP contribution in [0.25, 0.3) is 6.08 Å². The number of amides is 2. The predicted octanol–water partition coefficient (Wildman–Crippen LogP) is 3.26. The molecule has 1 heterocycles. The van der Waals surface area contributed by atoms with E-state index in [1.807, 2.05) is 45.0 Å². The van der Waals surface area contributed by atoms with Crippen molar-refractivity contribution in [1.29, 1.82) is 0 Å². The maximum Gasteiger partial charge on any atom is 0.294 e. The Balaban J connectivity index is 1.94. The molecule has 6 nitrogen and oxygen atoms in total. The highest BCUT2D eigenvalue weighted by Crippen LogP contribution is 2.37. The fourth-order valence-corrected chi connectivity index (χ4v) is 2.87. The smallest absolute Gasteiger partial charge is 0.294 e. The van der Waals surface area contributed by atoms with Gasteiger partial charge in [-0.05, 0) is 44.0 Å². The number of fused-ring (bicyclic) bond motifs is 1. The van der Waals surface area contributed by atoms with E-state index in [0.29, 0.717) is 17.1 Å². The van der Waals surface area contributed by atoms with Crippen molar-refractivity contribution in [2.24, 2.45) is 0 Å². The van der Waals surface area contributed by atoms with Crippen LogP contribution in [0.4, 0.5) is 11.4 Å². The normalized spacial score (nSPS) is 15.8. The second-order valence-corrected chi connectivity index (χ2v) is 7.02. The van der Waals surface area contributed by atoms with Crippen molar-refractivity contribution in [3.05, 3.63) is 59.4 Å². The van der Waals surface area contributed by atoms with Crippen molar-refractivity contribution in [2.45, 2.75) is 33.2 Å². The third kappa shape index (κ3) is 4.34. The number of aryl methyl sites for hydroxylation is 1. The lowest BCUT2D eigenvalue weighted by Gasteiger charge is -2.30. The van der Waals surface area contributed by atoms with Gasteiger partial charge in [0.05, 0.1) is 5.69 Å². The van der Waals surface area contributed by atoms with E-state index in [1.54, 1.807) is 24.3 Å². The second-order valence-electron chi connectivity index (χ2n) is 7.02. The molecule has 146 valence electrons. The minimum Gasteiger partial charge on any atom is -0.449 e. The first kappa shape index (κ1) is 19.5. The average molecular weight is 379 g/mol. The highest BCUT2D eigenvalue weighted by molar-refractivity contribution is 6.12. The molecule has 1 unspecified atom stereocenters. The molecule has 1 atom stereocenters. The van der Waals surface area contributed by atoms with Crippen molar-refractivity contribution >= 4 is 29.3 Å². The van der Waals surface area contributed by atoms with Gasteiger partial charge in [0.1, 0.15) is 6.54 Å². The lowest BCUT2D eigenvalue weighted by molar-refractivity contribution is -0.123. The molecule has 6 heteroatoms. The minimum absolute atomic E-state index is 0.0390. The lowest BCUT2D eigenvalue weighted by atomic mass is 10.1. The number of benzene rings is 2. The number of nitrogens with two attached hydrogens (primary N) is 1. The lowest BCUT2D eigenvalue weighted by Crippen LogP contribution is -2.46. The van der Waals surface area contributed by atoms with Crippen LogP contribution >= 0.6 is 0 Å². The molecular formula is C22H25N3O3. The molecule has 0 aliphatic carbocycles. The summed E-state index contributed by atoms with van der Waals surface area (Å²) in [6.07, 6.45) is 2.49. The molecule has 0 aromatic heterocycles. The van der Waals surface area contributed by atoms with Gasteiger partial charge in [-0.2, -0.15) is 0 Å². The van der Waals surface area contributed by atoms with E-state index in [9.17, 15) is 9.59 Å². The van der Waals surface area contributed by atoms with Crippen molar-refractivity contribution in [3.63, 3.8) is 0 Å². The molecule has 2 amide bonds. The van der Waals surface area contributed by atoms with E-state index in [4.69, 9.17) is 10.5 Å². The molecule has 0 saturated carbocycles. The van der Waals surface area contributed by atoms with Gasteiger partial charge in [-0.25, -0.2) is 0 Å². The predicted molar refractivity (Wildman–Crippen MR) is 111 cm³/mol. The van der Waals surface area contributed by atoms with Gasteiger partial charge in [0.25, 0.3) is 5.91 Å². The third-order valence-electron chi connectivity index (χ3n) is 4.65. The van der Waals surface area contributed by atoms with Crippen LogP contribution < -0.4 is 20.7 Å². The summed E-state index contributed by atoms with van der Waals surface area (Å²) in [5.41, 5.74) is 8.89. The van der Waals surface area contributed by atoms with Gasteiger partial charge in [-0.3, -0.25) is 14.5 Å². The van der Waals surface area contributed by atoms with E-state index < -0.39 is 0 Å². The highest BCUT2D eigenvalue weighted by atomic mass is 16.5. The quantitative estimate of drug-likeness (QED) is 0.617. The van der Waals surface area contributed by atoms with Crippen LogP contribution in [0.1, 0.15) is 31.4 Å². The van der Waals surface area contributed by atoms with Crippen LogP contribution in [0.5, 0.6) is 5.75 Å². The summed E-state index contributed by atoms with van der Waals surface area (Å²) in [5, 5.41) is 2.89. The number of hydrogen-bond acceptors (Lipinski definition) is 4. The Hall–Kier alpha value is -3.28. The number of carbonyl (C=O) groups excluding carboxylic acids is 2. The fourth-order valence-electron chi connectivity index (χ4n) is 2.87. The van der Waals surface area contributed by atoms with Gasteiger partial charge in [0.15, 0.2) is 11.5 Å². The Morgan fingerprint density at radius 2 is 1.96 bits per heavy atom. The summed E-state index contributed by atoms with van der Waals surface area (Å²) in [4.78, 5) is 26.9. The fraction of sp³-hybridized carbons (Fsp3) is 0.273. The van der Waals surface area contributed by atoms with Crippen molar-refractivity contribution in [1.82, 2.24) is 5.32 Å². The maximum atomic E-state index is 13.1. The van der Waals surface area contributed by atoms with E-state index in [2.05, 4.69) is 5.32 Å². The largest absolute Gasteiger partial charge is 0.449 e. The number of anilines is 2. The average Bonchev–Trinajstić information content (AvgIpc) is 2.66. The monoisotopic (exact) mass is 379 g/mol. The molecule has 3 rings (SSSR count). The van der Waals surface area contributed by atoms with Crippen molar-refractivity contribution in [2.75, 3.05) is 17.2 Å².